The van der Waals surface area contributed by atoms with Crippen molar-refractivity contribution in [1.29, 1.82) is 0 Å². The SMILES string of the molecule is CSCC(C)NC1CCC(N)C1. The van der Waals surface area contributed by atoms with Gasteiger partial charge in [-0.05, 0) is 32.4 Å². The minimum atomic E-state index is 0.448. The molecule has 0 spiro atoms. The number of nitrogens with one attached hydrogen (secondary N) is 1. The Morgan fingerprint density at radius 2 is 2.33 bits per heavy atom. The topological polar surface area (TPSA) is 38.0 Å². The average Bonchev–Trinajstić information content (AvgIpc) is 2.36. The van der Waals surface area contributed by atoms with Crippen LogP contribution in [-0.2, 0) is 0 Å². The summed E-state index contributed by atoms with van der Waals surface area (Å²) in [5.41, 5.74) is 5.83. The van der Waals surface area contributed by atoms with Crippen molar-refractivity contribution in [3.8, 4) is 0 Å². The van der Waals surface area contributed by atoms with Crippen LogP contribution in [0.4, 0.5) is 0 Å². The third-order valence-corrected chi connectivity index (χ3v) is 3.24. The van der Waals surface area contributed by atoms with E-state index < -0.39 is 0 Å². The van der Waals surface area contributed by atoms with Crippen molar-refractivity contribution in [2.75, 3.05) is 12.0 Å². The van der Waals surface area contributed by atoms with E-state index in [1.54, 1.807) is 0 Å². The second kappa shape index (κ2) is 5.10. The molecule has 0 heterocycles. The molecule has 0 radical (unpaired) electrons. The van der Waals surface area contributed by atoms with Crippen LogP contribution in [0.2, 0.25) is 0 Å². The van der Waals surface area contributed by atoms with Crippen LogP contribution >= 0.6 is 11.8 Å². The molecule has 12 heavy (non-hydrogen) atoms. The highest BCUT2D eigenvalue weighted by Gasteiger charge is 2.22. The van der Waals surface area contributed by atoms with Crippen LogP contribution in [0.25, 0.3) is 0 Å². The molecule has 0 bridgehead atoms. The summed E-state index contributed by atoms with van der Waals surface area (Å²) in [7, 11) is 0. The first-order valence-electron chi connectivity index (χ1n) is 4.73. The zero-order chi connectivity index (χ0) is 8.97. The first kappa shape index (κ1) is 10.4. The van der Waals surface area contributed by atoms with E-state index in [0.717, 1.165) is 0 Å². The quantitative estimate of drug-likeness (QED) is 0.696. The first-order valence-corrected chi connectivity index (χ1v) is 6.12. The van der Waals surface area contributed by atoms with Gasteiger partial charge in [0.25, 0.3) is 0 Å². The summed E-state index contributed by atoms with van der Waals surface area (Å²) in [6.07, 6.45) is 5.78. The summed E-state index contributed by atoms with van der Waals surface area (Å²) in [6.45, 7) is 2.25. The van der Waals surface area contributed by atoms with E-state index in [1.165, 1.54) is 25.0 Å². The lowest BCUT2D eigenvalue weighted by atomic mass is 10.2. The minimum Gasteiger partial charge on any atom is -0.328 e. The fourth-order valence-electron chi connectivity index (χ4n) is 1.87. The predicted molar refractivity (Wildman–Crippen MR) is 56.6 cm³/mol. The lowest BCUT2D eigenvalue weighted by molar-refractivity contribution is 0.470. The van der Waals surface area contributed by atoms with Crippen molar-refractivity contribution in [3.05, 3.63) is 0 Å². The molecule has 0 aliphatic heterocycles. The van der Waals surface area contributed by atoms with Gasteiger partial charge in [-0.1, -0.05) is 0 Å². The smallest absolute Gasteiger partial charge is 0.0132 e. The first-order chi connectivity index (χ1) is 5.72. The molecule has 1 fully saturated rings. The molecule has 3 N–H and O–H groups in total. The fourth-order valence-corrected chi connectivity index (χ4v) is 2.46. The zero-order valence-electron chi connectivity index (χ0n) is 8.05. The maximum Gasteiger partial charge on any atom is 0.0132 e. The zero-order valence-corrected chi connectivity index (χ0v) is 8.86. The van der Waals surface area contributed by atoms with Crippen LogP contribution in [0.1, 0.15) is 26.2 Å². The van der Waals surface area contributed by atoms with Crippen LogP contribution in [-0.4, -0.2) is 30.1 Å². The Kier molecular flexibility index (Phi) is 4.40. The highest BCUT2D eigenvalue weighted by atomic mass is 32.2. The largest absolute Gasteiger partial charge is 0.328 e. The normalized spacial score (nSPS) is 32.2. The van der Waals surface area contributed by atoms with Crippen LogP contribution in [0.15, 0.2) is 0 Å². The van der Waals surface area contributed by atoms with Crippen molar-refractivity contribution < 1.29 is 0 Å². The Morgan fingerprint density at radius 1 is 1.58 bits per heavy atom. The van der Waals surface area contributed by atoms with E-state index in [4.69, 9.17) is 5.73 Å². The van der Waals surface area contributed by atoms with Gasteiger partial charge < -0.3 is 11.1 Å². The van der Waals surface area contributed by atoms with Gasteiger partial charge in [0.15, 0.2) is 0 Å². The number of nitrogens with two attached hydrogens (primary N) is 1. The fraction of sp³-hybridized carbons (Fsp3) is 1.00. The molecular formula is C9H20N2S. The third-order valence-electron chi connectivity index (χ3n) is 2.41. The summed E-state index contributed by atoms with van der Waals surface area (Å²) in [4.78, 5) is 0. The van der Waals surface area contributed by atoms with E-state index in [1.807, 2.05) is 11.8 Å². The molecule has 0 aromatic rings. The van der Waals surface area contributed by atoms with E-state index in [-0.39, 0.29) is 0 Å². The van der Waals surface area contributed by atoms with Crippen LogP contribution in [0.3, 0.4) is 0 Å². The van der Waals surface area contributed by atoms with E-state index in [9.17, 15) is 0 Å². The van der Waals surface area contributed by atoms with E-state index in [0.29, 0.717) is 18.1 Å². The second-order valence-corrected chi connectivity index (χ2v) is 4.70. The summed E-state index contributed by atoms with van der Waals surface area (Å²) >= 11 is 1.90. The number of hydrogen-bond acceptors (Lipinski definition) is 3. The van der Waals surface area contributed by atoms with Gasteiger partial charge in [-0.2, -0.15) is 11.8 Å². The standard InChI is InChI=1S/C9H20N2S/c1-7(6-12-2)11-9-4-3-8(10)5-9/h7-9,11H,3-6,10H2,1-2H3. The molecule has 72 valence electrons. The van der Waals surface area contributed by atoms with Gasteiger partial charge in [0.2, 0.25) is 0 Å². The Morgan fingerprint density at radius 3 is 2.83 bits per heavy atom. The number of thioether (sulfide) groups is 1. The summed E-state index contributed by atoms with van der Waals surface area (Å²) in [5.74, 6) is 1.20. The lowest BCUT2D eigenvalue weighted by Crippen LogP contribution is -2.37. The molecule has 0 aromatic carbocycles. The molecule has 0 aromatic heterocycles. The second-order valence-electron chi connectivity index (χ2n) is 3.79. The number of rotatable bonds is 4. The molecular weight excluding hydrogens is 168 g/mol. The average molecular weight is 188 g/mol. The molecule has 1 aliphatic carbocycles. The van der Waals surface area contributed by atoms with Crippen molar-refractivity contribution in [2.24, 2.45) is 5.73 Å². The maximum absolute atomic E-state index is 5.83. The molecule has 1 saturated carbocycles. The van der Waals surface area contributed by atoms with Gasteiger partial charge in [-0.15, -0.1) is 0 Å². The van der Waals surface area contributed by atoms with Gasteiger partial charge in [0, 0.05) is 23.9 Å². The summed E-state index contributed by atoms with van der Waals surface area (Å²) in [6, 6.07) is 1.77. The number of hydrogen-bond donors (Lipinski definition) is 2. The molecule has 3 heteroatoms. The molecule has 1 rings (SSSR count). The van der Waals surface area contributed by atoms with Gasteiger partial charge in [0.1, 0.15) is 0 Å². The van der Waals surface area contributed by atoms with Crippen molar-refractivity contribution in [3.63, 3.8) is 0 Å². The van der Waals surface area contributed by atoms with Gasteiger partial charge >= 0.3 is 0 Å². The van der Waals surface area contributed by atoms with Crippen LogP contribution in [0, 0.1) is 0 Å². The molecule has 3 atom stereocenters. The lowest BCUT2D eigenvalue weighted by Gasteiger charge is -2.18. The Hall–Kier alpha value is 0.270. The summed E-state index contributed by atoms with van der Waals surface area (Å²) < 4.78 is 0. The molecule has 0 amide bonds. The van der Waals surface area contributed by atoms with Crippen LogP contribution < -0.4 is 11.1 Å². The summed E-state index contributed by atoms with van der Waals surface area (Å²) in [5, 5.41) is 3.61. The maximum atomic E-state index is 5.83. The Labute approximate surface area is 79.7 Å². The predicted octanol–water partition coefficient (Wildman–Crippen LogP) is 1.21. The molecule has 1 aliphatic rings. The van der Waals surface area contributed by atoms with Gasteiger partial charge in [-0.3, -0.25) is 0 Å². The van der Waals surface area contributed by atoms with Crippen molar-refractivity contribution in [1.82, 2.24) is 5.32 Å². The van der Waals surface area contributed by atoms with Gasteiger partial charge in [-0.25, -0.2) is 0 Å². The monoisotopic (exact) mass is 188 g/mol. The minimum absolute atomic E-state index is 0.448. The van der Waals surface area contributed by atoms with Crippen LogP contribution in [0.5, 0.6) is 0 Å². The highest BCUT2D eigenvalue weighted by Crippen LogP contribution is 2.17. The Bertz CT molecular complexity index is 130. The van der Waals surface area contributed by atoms with Gasteiger partial charge in [0.05, 0.1) is 0 Å². The Balaban J connectivity index is 2.14. The molecule has 3 unspecified atom stereocenters. The van der Waals surface area contributed by atoms with Crippen molar-refractivity contribution >= 4 is 11.8 Å². The van der Waals surface area contributed by atoms with Crippen molar-refractivity contribution in [2.45, 2.75) is 44.3 Å². The highest BCUT2D eigenvalue weighted by molar-refractivity contribution is 7.98. The van der Waals surface area contributed by atoms with E-state index in [2.05, 4.69) is 18.5 Å². The van der Waals surface area contributed by atoms with E-state index >= 15 is 0 Å². The molecule has 2 nitrogen and oxygen atoms in total. The molecule has 0 saturated heterocycles. The third kappa shape index (κ3) is 3.33.